The average molecular weight is 389 g/mol. The minimum atomic E-state index is -0.281. The molecule has 0 unspecified atom stereocenters. The molecule has 0 radical (unpaired) electrons. The molecule has 4 aromatic rings. The molecule has 2 N–H and O–H groups in total. The summed E-state index contributed by atoms with van der Waals surface area (Å²) in [5.74, 6) is -0.281. The van der Waals surface area contributed by atoms with Crippen molar-refractivity contribution in [3.8, 4) is 16.9 Å². The molecule has 0 fully saturated rings. The maximum atomic E-state index is 12.9. The summed E-state index contributed by atoms with van der Waals surface area (Å²) in [7, 11) is 0. The summed E-state index contributed by atoms with van der Waals surface area (Å²) in [4.78, 5) is 12.9. The lowest BCUT2D eigenvalue weighted by Gasteiger charge is -2.08. The van der Waals surface area contributed by atoms with E-state index < -0.39 is 0 Å². The van der Waals surface area contributed by atoms with Crippen LogP contribution in [0.25, 0.3) is 16.9 Å². The number of hydrogen-bond donors (Lipinski definition) is 2. The zero-order valence-corrected chi connectivity index (χ0v) is 15.6. The molecule has 0 aliphatic rings. The fourth-order valence-electron chi connectivity index (χ4n) is 2.79. The average Bonchev–Trinajstić information content (AvgIpc) is 3.19. The first-order valence-corrected chi connectivity index (χ1v) is 9.11. The minimum absolute atomic E-state index is 0.281. The monoisotopic (exact) mass is 388 g/mol. The molecule has 6 heteroatoms. The molecule has 4 rings (SSSR count). The maximum absolute atomic E-state index is 12.9. The summed E-state index contributed by atoms with van der Waals surface area (Å²) in [6.45, 7) is 0. The second-order valence-corrected chi connectivity index (χ2v) is 6.56. The van der Waals surface area contributed by atoms with Crippen molar-refractivity contribution in [3.63, 3.8) is 0 Å². The van der Waals surface area contributed by atoms with E-state index in [9.17, 15) is 4.79 Å². The number of carbonyl (C=O) groups excluding carboxylic acids is 1. The molecule has 1 aromatic heterocycles. The Morgan fingerprint density at radius 3 is 2.18 bits per heavy atom. The second-order valence-electron chi connectivity index (χ2n) is 6.12. The van der Waals surface area contributed by atoms with E-state index in [1.54, 1.807) is 23.0 Å². The number of para-hydroxylation sites is 2. The lowest BCUT2D eigenvalue weighted by atomic mass is 10.1. The van der Waals surface area contributed by atoms with Crippen LogP contribution >= 0.6 is 11.6 Å². The summed E-state index contributed by atoms with van der Waals surface area (Å²) in [6.07, 6.45) is 1.72. The van der Waals surface area contributed by atoms with Gasteiger partial charge in [-0.2, -0.15) is 5.10 Å². The number of nitrogens with zero attached hydrogens (tertiary/aromatic N) is 2. The molecule has 1 heterocycles. The van der Waals surface area contributed by atoms with Crippen LogP contribution in [-0.4, -0.2) is 15.7 Å². The predicted octanol–water partition coefficient (Wildman–Crippen LogP) is 4.95. The van der Waals surface area contributed by atoms with E-state index >= 15 is 0 Å². The van der Waals surface area contributed by atoms with Gasteiger partial charge >= 0.3 is 0 Å². The topological polar surface area (TPSA) is 59.0 Å². The van der Waals surface area contributed by atoms with Crippen molar-refractivity contribution >= 4 is 23.2 Å². The van der Waals surface area contributed by atoms with Gasteiger partial charge in [0.15, 0.2) is 0 Å². The Morgan fingerprint density at radius 1 is 0.857 bits per heavy atom. The van der Waals surface area contributed by atoms with Crippen LogP contribution in [0.2, 0.25) is 5.02 Å². The second kappa shape index (κ2) is 7.98. The van der Waals surface area contributed by atoms with Crippen LogP contribution in [0.5, 0.6) is 0 Å². The third-order valence-corrected chi connectivity index (χ3v) is 4.44. The summed E-state index contributed by atoms with van der Waals surface area (Å²) in [5.41, 5.74) is 9.15. The quantitative estimate of drug-likeness (QED) is 0.475. The number of benzene rings is 3. The van der Waals surface area contributed by atoms with Gasteiger partial charge in [-0.15, -0.1) is 0 Å². The maximum Gasteiger partial charge on any atom is 0.273 e. The molecule has 138 valence electrons. The van der Waals surface area contributed by atoms with Crippen LogP contribution in [0.15, 0.2) is 91.1 Å². The smallest absolute Gasteiger partial charge is 0.273 e. The number of halogens is 1. The minimum Gasteiger partial charge on any atom is -0.298 e. The number of anilines is 1. The number of carbonyl (C=O) groups is 1. The molecular weight excluding hydrogens is 372 g/mol. The molecular formula is C22H17ClN4O. The molecule has 1 amide bonds. The van der Waals surface area contributed by atoms with Gasteiger partial charge in [0.25, 0.3) is 5.91 Å². The van der Waals surface area contributed by atoms with Crippen LogP contribution in [-0.2, 0) is 0 Å². The van der Waals surface area contributed by atoms with Gasteiger partial charge in [0.2, 0.25) is 0 Å². The summed E-state index contributed by atoms with van der Waals surface area (Å²) in [5, 5.41) is 5.27. The number of nitrogens with one attached hydrogen (secondary N) is 2. The highest BCUT2D eigenvalue weighted by molar-refractivity contribution is 6.30. The summed E-state index contributed by atoms with van der Waals surface area (Å²) in [6, 6.07) is 26.3. The highest BCUT2D eigenvalue weighted by Gasteiger charge is 2.18. The molecule has 0 aliphatic heterocycles. The first-order chi connectivity index (χ1) is 13.7. The highest BCUT2D eigenvalue weighted by Crippen LogP contribution is 2.25. The van der Waals surface area contributed by atoms with E-state index in [4.69, 9.17) is 11.6 Å². The zero-order valence-electron chi connectivity index (χ0n) is 14.8. The van der Waals surface area contributed by atoms with E-state index in [1.165, 1.54) is 0 Å². The van der Waals surface area contributed by atoms with E-state index in [0.29, 0.717) is 16.3 Å². The standard InChI is InChI=1S/C22H17ClN4O/c23-17-13-11-16(12-14-17)21-20(15-27(26-21)19-9-5-2-6-10-19)22(28)25-24-18-7-3-1-4-8-18/h1-15,24H,(H,25,28). The van der Waals surface area contributed by atoms with Gasteiger partial charge in [0.1, 0.15) is 5.69 Å². The van der Waals surface area contributed by atoms with E-state index in [-0.39, 0.29) is 5.91 Å². The lowest BCUT2D eigenvalue weighted by Crippen LogP contribution is -2.29. The largest absolute Gasteiger partial charge is 0.298 e. The normalized spacial score (nSPS) is 10.5. The van der Waals surface area contributed by atoms with Crippen LogP contribution in [0.3, 0.4) is 0 Å². The Balaban J connectivity index is 1.68. The first-order valence-electron chi connectivity index (χ1n) is 8.73. The molecule has 28 heavy (non-hydrogen) atoms. The Bertz CT molecular complexity index is 1080. The number of hydrogen-bond acceptors (Lipinski definition) is 3. The Labute approximate surface area is 167 Å². The Hall–Kier alpha value is -3.57. The molecule has 0 spiro atoms. The SMILES string of the molecule is O=C(NNc1ccccc1)c1cn(-c2ccccc2)nc1-c1ccc(Cl)cc1. The van der Waals surface area contributed by atoms with Crippen LogP contribution in [0, 0.1) is 0 Å². The molecule has 0 saturated carbocycles. The number of amides is 1. The summed E-state index contributed by atoms with van der Waals surface area (Å²) < 4.78 is 1.70. The van der Waals surface area contributed by atoms with Crippen molar-refractivity contribution in [1.82, 2.24) is 15.2 Å². The van der Waals surface area contributed by atoms with Gasteiger partial charge in [0, 0.05) is 16.8 Å². The van der Waals surface area contributed by atoms with Crippen LogP contribution < -0.4 is 10.9 Å². The van der Waals surface area contributed by atoms with Gasteiger partial charge in [-0.3, -0.25) is 15.6 Å². The Morgan fingerprint density at radius 2 is 1.50 bits per heavy atom. The zero-order chi connectivity index (χ0) is 19.3. The molecule has 0 bridgehead atoms. The fourth-order valence-corrected chi connectivity index (χ4v) is 2.92. The van der Waals surface area contributed by atoms with Crippen molar-refractivity contribution in [3.05, 3.63) is 102 Å². The van der Waals surface area contributed by atoms with Gasteiger partial charge in [-0.25, -0.2) is 4.68 Å². The van der Waals surface area contributed by atoms with Crippen molar-refractivity contribution in [1.29, 1.82) is 0 Å². The van der Waals surface area contributed by atoms with Gasteiger partial charge < -0.3 is 0 Å². The molecule has 0 saturated heterocycles. The fraction of sp³-hybridized carbons (Fsp3) is 0. The van der Waals surface area contributed by atoms with Crippen LogP contribution in [0.4, 0.5) is 5.69 Å². The van der Waals surface area contributed by atoms with Gasteiger partial charge in [0.05, 0.1) is 16.9 Å². The van der Waals surface area contributed by atoms with Crippen molar-refractivity contribution < 1.29 is 4.79 Å². The number of hydrazine groups is 1. The molecule has 5 nitrogen and oxygen atoms in total. The van der Waals surface area contributed by atoms with Crippen LogP contribution in [0.1, 0.15) is 10.4 Å². The third kappa shape index (κ3) is 3.89. The molecule has 3 aromatic carbocycles. The predicted molar refractivity (Wildman–Crippen MR) is 112 cm³/mol. The van der Waals surface area contributed by atoms with E-state index in [2.05, 4.69) is 16.0 Å². The van der Waals surface area contributed by atoms with E-state index in [0.717, 1.165) is 16.9 Å². The van der Waals surface area contributed by atoms with Crippen molar-refractivity contribution in [2.45, 2.75) is 0 Å². The molecule has 0 atom stereocenters. The van der Waals surface area contributed by atoms with Gasteiger partial charge in [-0.1, -0.05) is 60.1 Å². The lowest BCUT2D eigenvalue weighted by molar-refractivity contribution is 0.0963. The Kier molecular flexibility index (Phi) is 5.08. The number of aromatic nitrogens is 2. The van der Waals surface area contributed by atoms with E-state index in [1.807, 2.05) is 72.8 Å². The van der Waals surface area contributed by atoms with Crippen molar-refractivity contribution in [2.75, 3.05) is 5.43 Å². The first kappa shape index (κ1) is 17.8. The summed E-state index contributed by atoms with van der Waals surface area (Å²) >= 11 is 6.01. The number of rotatable bonds is 5. The van der Waals surface area contributed by atoms with Gasteiger partial charge in [-0.05, 0) is 36.4 Å². The molecule has 0 aliphatic carbocycles. The highest BCUT2D eigenvalue weighted by atomic mass is 35.5. The third-order valence-electron chi connectivity index (χ3n) is 4.19. The van der Waals surface area contributed by atoms with Crippen molar-refractivity contribution in [2.24, 2.45) is 0 Å².